The molecule has 0 aliphatic heterocycles. The van der Waals surface area contributed by atoms with E-state index in [1.54, 1.807) is 0 Å². The topological polar surface area (TPSA) is 48.9 Å². The van der Waals surface area contributed by atoms with Gasteiger partial charge in [-0.1, -0.05) is 0 Å². The van der Waals surface area contributed by atoms with Gasteiger partial charge in [-0.15, -0.1) is 0 Å². The lowest BCUT2D eigenvalue weighted by Crippen LogP contribution is -2.13. The second-order valence-electron chi connectivity index (χ2n) is 4.74. The predicted octanol–water partition coefficient (Wildman–Crippen LogP) is 1.36. The van der Waals surface area contributed by atoms with E-state index in [9.17, 15) is 5.11 Å². The Labute approximate surface area is 83.5 Å². The van der Waals surface area contributed by atoms with Crippen LogP contribution in [-0.2, 0) is 19.3 Å². The number of aromatic nitrogens is 2. The van der Waals surface area contributed by atoms with Crippen LogP contribution in [0.15, 0.2) is 0 Å². The molecule has 0 saturated heterocycles. The monoisotopic (exact) mass is 192 g/mol. The highest BCUT2D eigenvalue weighted by atomic mass is 16.3. The molecule has 1 aromatic heterocycles. The summed E-state index contributed by atoms with van der Waals surface area (Å²) in [6.07, 6.45) is 7.51. The molecule has 3 rings (SSSR count). The van der Waals surface area contributed by atoms with Gasteiger partial charge in [-0.05, 0) is 44.1 Å². The molecule has 2 aliphatic carbocycles. The molecule has 1 aromatic rings. The smallest absolute Gasteiger partial charge is 0.0706 e. The van der Waals surface area contributed by atoms with E-state index < -0.39 is 5.60 Å². The molecular formula is C11H16N2O. The first-order valence-corrected chi connectivity index (χ1v) is 5.54. The standard InChI is InChI=1S/C11H16N2O/c14-11(5-6-11)7-10-8-3-1-2-4-9(8)12-13-10/h14H,1-7H2,(H,12,13). The Morgan fingerprint density at radius 2 is 2.07 bits per heavy atom. The summed E-state index contributed by atoms with van der Waals surface area (Å²) in [7, 11) is 0. The molecule has 14 heavy (non-hydrogen) atoms. The predicted molar refractivity (Wildman–Crippen MR) is 53.1 cm³/mol. The van der Waals surface area contributed by atoms with E-state index in [1.807, 2.05) is 0 Å². The highest BCUT2D eigenvalue weighted by Gasteiger charge is 2.41. The number of rotatable bonds is 2. The number of H-pyrrole nitrogens is 1. The lowest BCUT2D eigenvalue weighted by Gasteiger charge is -2.12. The van der Waals surface area contributed by atoms with Crippen LogP contribution >= 0.6 is 0 Å². The summed E-state index contributed by atoms with van der Waals surface area (Å²) in [6.45, 7) is 0. The molecule has 3 heteroatoms. The zero-order valence-electron chi connectivity index (χ0n) is 8.34. The summed E-state index contributed by atoms with van der Waals surface area (Å²) in [4.78, 5) is 0. The van der Waals surface area contributed by atoms with Crippen molar-refractivity contribution in [2.75, 3.05) is 0 Å². The van der Waals surface area contributed by atoms with Crippen LogP contribution < -0.4 is 0 Å². The summed E-state index contributed by atoms with van der Waals surface area (Å²) in [5, 5.41) is 17.3. The van der Waals surface area contributed by atoms with E-state index in [-0.39, 0.29) is 0 Å². The van der Waals surface area contributed by atoms with Crippen molar-refractivity contribution >= 4 is 0 Å². The first-order chi connectivity index (χ1) is 6.77. The Kier molecular flexibility index (Phi) is 1.71. The molecule has 0 radical (unpaired) electrons. The Morgan fingerprint density at radius 3 is 2.86 bits per heavy atom. The van der Waals surface area contributed by atoms with Crippen molar-refractivity contribution in [2.45, 2.75) is 50.5 Å². The summed E-state index contributed by atoms with van der Waals surface area (Å²) in [5.74, 6) is 0. The van der Waals surface area contributed by atoms with Gasteiger partial charge in [0.1, 0.15) is 0 Å². The second kappa shape index (κ2) is 2.83. The van der Waals surface area contributed by atoms with Crippen LogP contribution in [0.3, 0.4) is 0 Å². The fourth-order valence-corrected chi connectivity index (χ4v) is 2.33. The fourth-order valence-electron chi connectivity index (χ4n) is 2.33. The lowest BCUT2D eigenvalue weighted by atomic mass is 9.94. The van der Waals surface area contributed by atoms with Gasteiger partial charge >= 0.3 is 0 Å². The minimum atomic E-state index is -0.402. The van der Waals surface area contributed by atoms with Gasteiger partial charge in [-0.25, -0.2) is 0 Å². The van der Waals surface area contributed by atoms with Gasteiger partial charge in [-0.2, -0.15) is 5.10 Å². The fraction of sp³-hybridized carbons (Fsp3) is 0.727. The molecule has 1 saturated carbocycles. The van der Waals surface area contributed by atoms with Crippen molar-refractivity contribution in [1.82, 2.24) is 10.2 Å². The third-order valence-electron chi connectivity index (χ3n) is 3.47. The largest absolute Gasteiger partial charge is 0.389 e. The maximum absolute atomic E-state index is 9.85. The van der Waals surface area contributed by atoms with Gasteiger partial charge < -0.3 is 5.11 Å². The quantitative estimate of drug-likeness (QED) is 0.743. The van der Waals surface area contributed by atoms with E-state index in [1.165, 1.54) is 24.1 Å². The first-order valence-electron chi connectivity index (χ1n) is 5.54. The minimum absolute atomic E-state index is 0.402. The summed E-state index contributed by atoms with van der Waals surface area (Å²) in [5.41, 5.74) is 3.44. The molecule has 0 spiro atoms. The number of fused-ring (bicyclic) bond motifs is 1. The number of hydrogen-bond donors (Lipinski definition) is 2. The van der Waals surface area contributed by atoms with Crippen LogP contribution in [0.1, 0.15) is 42.6 Å². The van der Waals surface area contributed by atoms with E-state index >= 15 is 0 Å². The van der Waals surface area contributed by atoms with Gasteiger partial charge in [0.05, 0.1) is 11.3 Å². The number of nitrogens with one attached hydrogen (secondary N) is 1. The second-order valence-corrected chi connectivity index (χ2v) is 4.74. The van der Waals surface area contributed by atoms with Crippen molar-refractivity contribution in [1.29, 1.82) is 0 Å². The molecule has 2 aliphatic rings. The number of nitrogens with zero attached hydrogens (tertiary/aromatic N) is 1. The Balaban J connectivity index is 1.87. The molecule has 1 fully saturated rings. The van der Waals surface area contributed by atoms with Crippen molar-refractivity contribution in [3.63, 3.8) is 0 Å². The summed E-state index contributed by atoms with van der Waals surface area (Å²) in [6, 6.07) is 0. The molecule has 3 nitrogen and oxygen atoms in total. The van der Waals surface area contributed by atoms with Gasteiger partial charge in [0.25, 0.3) is 0 Å². The van der Waals surface area contributed by atoms with Crippen molar-refractivity contribution in [3.8, 4) is 0 Å². The zero-order chi connectivity index (χ0) is 9.60. The number of hydrogen-bond acceptors (Lipinski definition) is 2. The Morgan fingerprint density at radius 1 is 1.29 bits per heavy atom. The molecule has 0 atom stereocenters. The maximum atomic E-state index is 9.85. The summed E-state index contributed by atoms with van der Waals surface area (Å²) < 4.78 is 0. The zero-order valence-corrected chi connectivity index (χ0v) is 8.34. The Bertz CT molecular complexity index is 352. The van der Waals surface area contributed by atoms with Gasteiger partial charge in [0.15, 0.2) is 0 Å². The molecule has 2 N–H and O–H groups in total. The van der Waals surface area contributed by atoms with E-state index in [0.29, 0.717) is 0 Å². The maximum Gasteiger partial charge on any atom is 0.0706 e. The third-order valence-corrected chi connectivity index (χ3v) is 3.47. The number of aliphatic hydroxyl groups is 1. The molecule has 0 aromatic carbocycles. The van der Waals surface area contributed by atoms with Gasteiger partial charge in [0.2, 0.25) is 0 Å². The van der Waals surface area contributed by atoms with Crippen molar-refractivity contribution in [3.05, 3.63) is 17.0 Å². The minimum Gasteiger partial charge on any atom is -0.389 e. The SMILES string of the molecule is OC1(Cc2n[nH]c3c2CCCC3)CC1. The van der Waals surface area contributed by atoms with Crippen LogP contribution in [0.4, 0.5) is 0 Å². The third kappa shape index (κ3) is 1.36. The molecule has 1 heterocycles. The molecule has 0 amide bonds. The molecular weight excluding hydrogens is 176 g/mol. The number of aryl methyl sites for hydroxylation is 1. The van der Waals surface area contributed by atoms with E-state index in [2.05, 4.69) is 10.2 Å². The molecule has 0 unspecified atom stereocenters. The van der Waals surface area contributed by atoms with Gasteiger partial charge in [-0.3, -0.25) is 5.10 Å². The summed E-state index contributed by atoms with van der Waals surface area (Å²) >= 11 is 0. The molecule has 76 valence electrons. The van der Waals surface area contributed by atoms with Crippen LogP contribution in [0.5, 0.6) is 0 Å². The van der Waals surface area contributed by atoms with Crippen molar-refractivity contribution in [2.24, 2.45) is 0 Å². The molecule has 0 bridgehead atoms. The average molecular weight is 192 g/mol. The van der Waals surface area contributed by atoms with E-state index in [0.717, 1.165) is 37.8 Å². The normalized spacial score (nSPS) is 23.2. The van der Waals surface area contributed by atoms with Crippen LogP contribution in [0.2, 0.25) is 0 Å². The highest BCUT2D eigenvalue weighted by Crippen LogP contribution is 2.39. The van der Waals surface area contributed by atoms with Crippen molar-refractivity contribution < 1.29 is 5.11 Å². The van der Waals surface area contributed by atoms with Crippen LogP contribution in [-0.4, -0.2) is 20.9 Å². The highest BCUT2D eigenvalue weighted by molar-refractivity contribution is 5.29. The van der Waals surface area contributed by atoms with Gasteiger partial charge in [0, 0.05) is 12.1 Å². The Hall–Kier alpha value is -0.830. The van der Waals surface area contributed by atoms with Crippen LogP contribution in [0, 0.1) is 0 Å². The van der Waals surface area contributed by atoms with E-state index in [4.69, 9.17) is 0 Å². The first kappa shape index (κ1) is 8.48. The average Bonchev–Trinajstić information content (AvgIpc) is 2.77. The van der Waals surface area contributed by atoms with Crippen LogP contribution in [0.25, 0.3) is 0 Å². The lowest BCUT2D eigenvalue weighted by molar-refractivity contribution is 0.149. The number of aromatic amines is 1.